The van der Waals surface area contributed by atoms with Crippen LogP contribution in [0.1, 0.15) is 6.92 Å². The molecule has 0 saturated heterocycles. The molecule has 0 aliphatic heterocycles. The van der Waals surface area contributed by atoms with Gasteiger partial charge >= 0.3 is 5.69 Å². The van der Waals surface area contributed by atoms with E-state index in [1.165, 1.54) is 0 Å². The first-order valence-corrected chi connectivity index (χ1v) is 3.79. The summed E-state index contributed by atoms with van der Waals surface area (Å²) >= 11 is 0. The lowest BCUT2D eigenvalue weighted by atomic mass is 10.3. The van der Waals surface area contributed by atoms with Gasteiger partial charge in [0, 0.05) is 12.6 Å². The van der Waals surface area contributed by atoms with Crippen molar-refractivity contribution in [1.29, 1.82) is 0 Å². The maximum absolute atomic E-state index is 11.1. The fourth-order valence-corrected chi connectivity index (χ4v) is 0.738. The maximum Gasteiger partial charge on any atom is 0.342 e. The highest BCUT2D eigenvalue weighted by Crippen LogP contribution is 1.90. The van der Waals surface area contributed by atoms with Gasteiger partial charge in [-0.25, -0.2) is 9.89 Å². The predicted octanol–water partition coefficient (Wildman–Crippen LogP) is -1.78. The summed E-state index contributed by atoms with van der Waals surface area (Å²) in [4.78, 5) is 23.7. The summed E-state index contributed by atoms with van der Waals surface area (Å²) in [5.74, 6) is 0.0672. The number of hydrogen-bond acceptors (Lipinski definition) is 5. The Labute approximate surface area is 73.4 Å². The number of nitrogens with one attached hydrogen (secondary N) is 3. The van der Waals surface area contributed by atoms with Gasteiger partial charge in [-0.1, -0.05) is 0 Å². The molecule has 0 aliphatic rings. The molecule has 1 aromatic rings. The quantitative estimate of drug-likeness (QED) is 0.444. The predicted molar refractivity (Wildman–Crippen MR) is 47.6 cm³/mol. The molecule has 7 nitrogen and oxygen atoms in total. The minimum Gasteiger partial charge on any atom is -0.360 e. The Bertz CT molecular complexity index is 381. The van der Waals surface area contributed by atoms with Gasteiger partial charge in [0.15, 0.2) is 0 Å². The van der Waals surface area contributed by atoms with E-state index in [1.807, 2.05) is 4.98 Å². The van der Waals surface area contributed by atoms with E-state index in [4.69, 9.17) is 5.73 Å². The topological polar surface area (TPSA) is 117 Å². The monoisotopic (exact) mass is 185 g/mol. The van der Waals surface area contributed by atoms with Gasteiger partial charge < -0.3 is 11.1 Å². The van der Waals surface area contributed by atoms with Crippen LogP contribution in [0.2, 0.25) is 0 Å². The average Bonchev–Trinajstić information content (AvgIpc) is 2.09. The van der Waals surface area contributed by atoms with E-state index in [9.17, 15) is 9.59 Å². The number of anilines is 1. The van der Waals surface area contributed by atoms with Crippen LogP contribution in [0, 0.1) is 0 Å². The Balaban J connectivity index is 2.90. The Morgan fingerprint density at radius 2 is 2.31 bits per heavy atom. The normalized spacial score (nSPS) is 12.5. The van der Waals surface area contributed by atoms with Crippen LogP contribution in [0.4, 0.5) is 5.82 Å². The van der Waals surface area contributed by atoms with E-state index < -0.39 is 11.2 Å². The molecular formula is C6H11N5O2. The summed E-state index contributed by atoms with van der Waals surface area (Å²) in [7, 11) is 0. The zero-order valence-electron chi connectivity index (χ0n) is 7.13. The van der Waals surface area contributed by atoms with Gasteiger partial charge in [0.25, 0.3) is 5.56 Å². The Morgan fingerprint density at radius 1 is 1.62 bits per heavy atom. The van der Waals surface area contributed by atoms with E-state index in [-0.39, 0.29) is 11.9 Å². The number of nitrogens with zero attached hydrogens (tertiary/aromatic N) is 1. The van der Waals surface area contributed by atoms with Gasteiger partial charge in [0.2, 0.25) is 5.82 Å². The molecule has 1 atom stereocenters. The molecule has 0 bridgehead atoms. The lowest BCUT2D eigenvalue weighted by molar-refractivity contribution is 0.778. The fourth-order valence-electron chi connectivity index (χ4n) is 0.738. The molecular weight excluding hydrogens is 174 g/mol. The number of aromatic nitrogens is 3. The van der Waals surface area contributed by atoms with Gasteiger partial charge in [-0.05, 0) is 6.92 Å². The molecule has 1 unspecified atom stereocenters. The van der Waals surface area contributed by atoms with Crippen molar-refractivity contribution in [2.45, 2.75) is 13.0 Å². The molecule has 0 aliphatic carbocycles. The molecule has 72 valence electrons. The van der Waals surface area contributed by atoms with Crippen LogP contribution in [0.25, 0.3) is 0 Å². The van der Waals surface area contributed by atoms with E-state index >= 15 is 0 Å². The fraction of sp³-hybridized carbons (Fsp3) is 0.500. The van der Waals surface area contributed by atoms with Gasteiger partial charge in [-0.2, -0.15) is 0 Å². The zero-order valence-corrected chi connectivity index (χ0v) is 7.13. The van der Waals surface area contributed by atoms with E-state index in [0.717, 1.165) is 0 Å². The van der Waals surface area contributed by atoms with Gasteiger partial charge in [-0.15, -0.1) is 5.10 Å². The molecule has 0 spiro atoms. The largest absolute Gasteiger partial charge is 0.360 e. The summed E-state index contributed by atoms with van der Waals surface area (Å²) in [6, 6.07) is -0.0699. The second kappa shape index (κ2) is 3.85. The van der Waals surface area contributed by atoms with Crippen molar-refractivity contribution in [3.8, 4) is 0 Å². The van der Waals surface area contributed by atoms with Crippen molar-refractivity contribution in [3.05, 3.63) is 20.8 Å². The standard InChI is InChI=1S/C6H11N5O2/c1-3(2-7)8-4-5(12)9-6(13)11-10-4/h3H,2,7H2,1H3,(H,8,10)(H2,9,11,12,13). The number of hydrogen-bond donors (Lipinski definition) is 4. The summed E-state index contributed by atoms with van der Waals surface area (Å²) in [6.07, 6.45) is 0. The molecule has 0 saturated carbocycles. The van der Waals surface area contributed by atoms with Crippen LogP contribution in [0.3, 0.4) is 0 Å². The van der Waals surface area contributed by atoms with Gasteiger partial charge in [0.05, 0.1) is 0 Å². The summed E-state index contributed by atoms with van der Waals surface area (Å²) < 4.78 is 0. The lowest BCUT2D eigenvalue weighted by Gasteiger charge is -2.09. The third kappa shape index (κ3) is 2.41. The third-order valence-corrected chi connectivity index (χ3v) is 1.45. The van der Waals surface area contributed by atoms with Crippen LogP contribution in [-0.2, 0) is 0 Å². The molecule has 1 heterocycles. The first-order chi connectivity index (χ1) is 6.13. The van der Waals surface area contributed by atoms with E-state index in [0.29, 0.717) is 6.54 Å². The highest BCUT2D eigenvalue weighted by atomic mass is 16.2. The smallest absolute Gasteiger partial charge is 0.342 e. The first-order valence-electron chi connectivity index (χ1n) is 3.79. The third-order valence-electron chi connectivity index (χ3n) is 1.45. The Kier molecular flexibility index (Phi) is 2.80. The van der Waals surface area contributed by atoms with Crippen LogP contribution < -0.4 is 22.3 Å². The molecule has 0 radical (unpaired) electrons. The molecule has 0 amide bonds. The lowest BCUT2D eigenvalue weighted by Crippen LogP contribution is -2.32. The van der Waals surface area contributed by atoms with E-state index in [2.05, 4.69) is 15.5 Å². The zero-order chi connectivity index (χ0) is 9.84. The maximum atomic E-state index is 11.1. The number of rotatable bonds is 3. The van der Waals surface area contributed by atoms with Crippen molar-refractivity contribution in [2.75, 3.05) is 11.9 Å². The van der Waals surface area contributed by atoms with E-state index in [1.54, 1.807) is 6.92 Å². The van der Waals surface area contributed by atoms with Crippen LogP contribution >= 0.6 is 0 Å². The average molecular weight is 185 g/mol. The van der Waals surface area contributed by atoms with Crippen molar-refractivity contribution >= 4 is 5.82 Å². The van der Waals surface area contributed by atoms with Crippen molar-refractivity contribution in [1.82, 2.24) is 15.2 Å². The summed E-state index contributed by atoms with van der Waals surface area (Å²) in [6.45, 7) is 2.17. The van der Waals surface area contributed by atoms with Crippen molar-refractivity contribution in [2.24, 2.45) is 5.73 Å². The minimum absolute atomic E-state index is 0.0672. The summed E-state index contributed by atoms with van der Waals surface area (Å²) in [5, 5.41) is 8.36. The molecule has 13 heavy (non-hydrogen) atoms. The number of nitrogens with two attached hydrogens (primary N) is 1. The SMILES string of the molecule is CC(CN)Nc1n[nH]c(=O)[nH]c1=O. The van der Waals surface area contributed by atoms with Gasteiger partial charge in [0.1, 0.15) is 0 Å². The molecule has 1 aromatic heterocycles. The molecule has 0 aromatic carbocycles. The van der Waals surface area contributed by atoms with Crippen LogP contribution in [-0.4, -0.2) is 27.8 Å². The Morgan fingerprint density at radius 3 is 2.85 bits per heavy atom. The molecule has 7 heteroatoms. The number of aromatic amines is 2. The molecule has 5 N–H and O–H groups in total. The van der Waals surface area contributed by atoms with Crippen molar-refractivity contribution in [3.63, 3.8) is 0 Å². The second-order valence-electron chi connectivity index (χ2n) is 2.64. The highest BCUT2D eigenvalue weighted by Gasteiger charge is 2.04. The van der Waals surface area contributed by atoms with Crippen LogP contribution in [0.5, 0.6) is 0 Å². The minimum atomic E-state index is -0.629. The van der Waals surface area contributed by atoms with Gasteiger partial charge in [-0.3, -0.25) is 9.78 Å². The Hall–Kier alpha value is -1.63. The summed E-state index contributed by atoms with van der Waals surface area (Å²) in [5.41, 5.74) is 4.14. The number of H-pyrrole nitrogens is 2. The second-order valence-corrected chi connectivity index (χ2v) is 2.64. The molecule has 0 fully saturated rings. The van der Waals surface area contributed by atoms with Crippen molar-refractivity contribution < 1.29 is 0 Å². The van der Waals surface area contributed by atoms with Crippen LogP contribution in [0.15, 0.2) is 9.59 Å². The highest BCUT2D eigenvalue weighted by molar-refractivity contribution is 5.29. The first kappa shape index (κ1) is 9.46. The molecule has 1 rings (SSSR count).